The molecular formula is C6H9NS. The van der Waals surface area contributed by atoms with Crippen LogP contribution in [0.2, 0.25) is 0 Å². The molecular weight excluding hydrogens is 118 g/mol. The van der Waals surface area contributed by atoms with E-state index >= 15 is 0 Å². The van der Waals surface area contributed by atoms with E-state index in [9.17, 15) is 0 Å². The van der Waals surface area contributed by atoms with Crippen molar-refractivity contribution in [2.24, 2.45) is 4.99 Å². The highest BCUT2D eigenvalue weighted by molar-refractivity contribution is 8.14. The lowest BCUT2D eigenvalue weighted by molar-refractivity contribution is 1.18. The summed E-state index contributed by atoms with van der Waals surface area (Å²) in [5, 5.41) is 1.19. The van der Waals surface area contributed by atoms with Crippen molar-refractivity contribution in [2.45, 2.75) is 6.92 Å². The first-order chi connectivity index (χ1) is 3.93. The van der Waals surface area contributed by atoms with Gasteiger partial charge < -0.3 is 0 Å². The molecule has 44 valence electrons. The highest BCUT2D eigenvalue weighted by Gasteiger charge is 2.00. The monoisotopic (exact) mass is 127 g/mol. The first-order valence-corrected chi connectivity index (χ1v) is 3.72. The van der Waals surface area contributed by atoms with Gasteiger partial charge in [0.25, 0.3) is 0 Å². The third kappa shape index (κ3) is 1.37. The number of allylic oxidation sites excluding steroid dienone is 1. The van der Waals surface area contributed by atoms with Gasteiger partial charge >= 0.3 is 0 Å². The Labute approximate surface area is 53.9 Å². The third-order valence-corrected chi connectivity index (χ3v) is 1.87. The van der Waals surface area contributed by atoms with Crippen LogP contribution in [0.3, 0.4) is 0 Å². The number of aliphatic imine (C=N–C) groups is 1. The van der Waals surface area contributed by atoms with Crippen molar-refractivity contribution in [2.75, 3.05) is 12.3 Å². The second-order valence-electron chi connectivity index (χ2n) is 1.57. The molecule has 8 heavy (non-hydrogen) atoms. The van der Waals surface area contributed by atoms with Gasteiger partial charge in [0.05, 0.1) is 5.04 Å². The maximum Gasteiger partial charge on any atom is 0.0902 e. The van der Waals surface area contributed by atoms with Crippen LogP contribution in [0.5, 0.6) is 0 Å². The number of thioether (sulfide) groups is 1. The Morgan fingerprint density at radius 3 is 3.12 bits per heavy atom. The molecule has 0 amide bonds. The average Bonchev–Trinajstić information content (AvgIpc) is 2.19. The van der Waals surface area contributed by atoms with Gasteiger partial charge in [-0.3, -0.25) is 4.99 Å². The number of hydrogen-bond acceptors (Lipinski definition) is 2. The summed E-state index contributed by atoms with van der Waals surface area (Å²) in [5.74, 6) is 1.17. The van der Waals surface area contributed by atoms with Crippen molar-refractivity contribution in [3.05, 3.63) is 12.2 Å². The predicted molar refractivity (Wildman–Crippen MR) is 39.6 cm³/mol. The Kier molecular flexibility index (Phi) is 2.15. The minimum Gasteiger partial charge on any atom is -0.278 e. The molecule has 0 saturated heterocycles. The molecule has 0 aromatic heterocycles. The van der Waals surface area contributed by atoms with Crippen LogP contribution >= 0.6 is 11.8 Å². The molecule has 0 N–H and O–H groups in total. The molecule has 0 spiro atoms. The lowest BCUT2D eigenvalue weighted by Gasteiger charge is -1.82. The van der Waals surface area contributed by atoms with Crippen molar-refractivity contribution >= 4 is 16.8 Å². The normalized spacial score (nSPS) is 19.9. The minimum atomic E-state index is 1.00. The Bertz CT molecular complexity index is 126. The number of nitrogens with zero attached hydrogens (tertiary/aromatic N) is 1. The molecule has 1 heterocycles. The first-order valence-electron chi connectivity index (χ1n) is 2.73. The van der Waals surface area contributed by atoms with Gasteiger partial charge in [0.15, 0.2) is 0 Å². The second kappa shape index (κ2) is 2.92. The maximum atomic E-state index is 4.22. The Morgan fingerprint density at radius 2 is 2.62 bits per heavy atom. The lowest BCUT2D eigenvalue weighted by atomic mass is 10.5. The summed E-state index contributed by atoms with van der Waals surface area (Å²) in [6.07, 6.45) is 4.08. The molecule has 2 heteroatoms. The maximum absolute atomic E-state index is 4.22. The van der Waals surface area contributed by atoms with Crippen LogP contribution in [-0.2, 0) is 0 Å². The third-order valence-electron chi connectivity index (χ3n) is 0.918. The Morgan fingerprint density at radius 1 is 1.75 bits per heavy atom. The van der Waals surface area contributed by atoms with Gasteiger partial charge in [-0.25, -0.2) is 0 Å². The van der Waals surface area contributed by atoms with Gasteiger partial charge in [-0.2, -0.15) is 0 Å². The van der Waals surface area contributed by atoms with Crippen LogP contribution in [0, 0.1) is 0 Å². The number of hydrogen-bond donors (Lipinski definition) is 0. The van der Waals surface area contributed by atoms with Crippen molar-refractivity contribution in [1.29, 1.82) is 0 Å². The molecule has 0 aromatic carbocycles. The average molecular weight is 127 g/mol. The molecule has 0 saturated carbocycles. The van der Waals surface area contributed by atoms with Crippen LogP contribution in [0.15, 0.2) is 17.1 Å². The van der Waals surface area contributed by atoms with Gasteiger partial charge in [-0.15, -0.1) is 11.8 Å². The van der Waals surface area contributed by atoms with E-state index in [1.165, 1.54) is 10.8 Å². The Balaban J connectivity index is 2.45. The quantitative estimate of drug-likeness (QED) is 0.522. The topological polar surface area (TPSA) is 12.4 Å². The van der Waals surface area contributed by atoms with Gasteiger partial charge in [-0.05, 0) is 13.0 Å². The van der Waals surface area contributed by atoms with E-state index in [0.29, 0.717) is 0 Å². The minimum absolute atomic E-state index is 1.00. The van der Waals surface area contributed by atoms with Crippen LogP contribution in [0.1, 0.15) is 6.92 Å². The number of rotatable bonds is 1. The fraction of sp³-hybridized carbons (Fsp3) is 0.500. The molecule has 0 bridgehead atoms. The van der Waals surface area contributed by atoms with Crippen LogP contribution in [-0.4, -0.2) is 17.3 Å². The smallest absolute Gasteiger partial charge is 0.0902 e. The second-order valence-corrected chi connectivity index (χ2v) is 2.68. The zero-order valence-corrected chi connectivity index (χ0v) is 5.74. The lowest BCUT2D eigenvalue weighted by Crippen LogP contribution is -1.75. The van der Waals surface area contributed by atoms with Gasteiger partial charge in [0.2, 0.25) is 0 Å². The molecule has 1 nitrogen and oxygen atoms in total. The highest BCUT2D eigenvalue weighted by atomic mass is 32.2. The molecule has 0 fully saturated rings. The summed E-state index contributed by atoms with van der Waals surface area (Å²) < 4.78 is 0. The van der Waals surface area contributed by atoms with E-state index in [2.05, 4.69) is 11.1 Å². The van der Waals surface area contributed by atoms with E-state index in [-0.39, 0.29) is 0 Å². The molecule has 1 rings (SSSR count). The molecule has 0 aromatic rings. The summed E-state index contributed by atoms with van der Waals surface area (Å²) >= 11 is 1.83. The molecule has 0 atom stereocenters. The summed E-state index contributed by atoms with van der Waals surface area (Å²) in [6.45, 7) is 3.02. The summed E-state index contributed by atoms with van der Waals surface area (Å²) in [4.78, 5) is 4.22. The fourth-order valence-electron chi connectivity index (χ4n) is 0.595. The molecule has 0 aliphatic carbocycles. The van der Waals surface area contributed by atoms with Crippen molar-refractivity contribution in [3.8, 4) is 0 Å². The largest absolute Gasteiger partial charge is 0.278 e. The molecule has 1 aliphatic heterocycles. The SMILES string of the molecule is C/C=C/C1=NCCS1. The van der Waals surface area contributed by atoms with E-state index < -0.39 is 0 Å². The molecule has 0 unspecified atom stereocenters. The first kappa shape index (κ1) is 5.89. The van der Waals surface area contributed by atoms with Crippen molar-refractivity contribution < 1.29 is 0 Å². The van der Waals surface area contributed by atoms with E-state index in [1.807, 2.05) is 24.8 Å². The van der Waals surface area contributed by atoms with E-state index in [1.54, 1.807) is 0 Å². The molecule has 0 radical (unpaired) electrons. The zero-order valence-electron chi connectivity index (χ0n) is 4.92. The van der Waals surface area contributed by atoms with Gasteiger partial charge in [0, 0.05) is 12.3 Å². The van der Waals surface area contributed by atoms with Gasteiger partial charge in [0.1, 0.15) is 0 Å². The molecule has 1 aliphatic rings. The standard InChI is InChI=1S/C6H9NS/c1-2-3-6-7-4-5-8-6/h2-3H,4-5H2,1H3/b3-2+. The summed E-state index contributed by atoms with van der Waals surface area (Å²) in [6, 6.07) is 0. The highest BCUT2D eigenvalue weighted by Crippen LogP contribution is 2.11. The zero-order chi connectivity index (χ0) is 5.82. The van der Waals surface area contributed by atoms with Crippen LogP contribution in [0.25, 0.3) is 0 Å². The van der Waals surface area contributed by atoms with E-state index in [4.69, 9.17) is 0 Å². The van der Waals surface area contributed by atoms with Crippen LogP contribution < -0.4 is 0 Å². The Hall–Kier alpha value is -0.240. The van der Waals surface area contributed by atoms with Crippen molar-refractivity contribution in [3.63, 3.8) is 0 Å². The van der Waals surface area contributed by atoms with Gasteiger partial charge in [-0.1, -0.05) is 6.08 Å². The van der Waals surface area contributed by atoms with Crippen molar-refractivity contribution in [1.82, 2.24) is 0 Å². The predicted octanol–water partition coefficient (Wildman–Crippen LogP) is 1.71. The summed E-state index contributed by atoms with van der Waals surface area (Å²) in [7, 11) is 0. The van der Waals surface area contributed by atoms with Crippen LogP contribution in [0.4, 0.5) is 0 Å². The van der Waals surface area contributed by atoms with E-state index in [0.717, 1.165) is 6.54 Å². The summed E-state index contributed by atoms with van der Waals surface area (Å²) in [5.41, 5.74) is 0. The fourth-order valence-corrected chi connectivity index (χ4v) is 1.40.